The van der Waals surface area contributed by atoms with Gasteiger partial charge >= 0.3 is 8.60 Å². The molecule has 21 nitrogen and oxygen atoms in total. The molecule has 0 saturated carbocycles. The molecule has 3 fully saturated rings. The molecule has 5 aromatic rings. The zero-order valence-electron chi connectivity index (χ0n) is 30.9. The molecule has 3 aliphatic heterocycles. The number of benzene rings is 1. The Bertz CT molecular complexity index is 2380. The first-order valence-corrected chi connectivity index (χ1v) is 21.6. The summed E-state index contributed by atoms with van der Waals surface area (Å²) in [5, 5.41) is 14.6. The van der Waals surface area contributed by atoms with Crippen molar-refractivity contribution < 1.29 is 41.7 Å². The Morgan fingerprint density at radius 2 is 1.79 bits per heavy atom. The van der Waals surface area contributed by atoms with Crippen molar-refractivity contribution in [3.05, 3.63) is 65.2 Å². The summed E-state index contributed by atoms with van der Waals surface area (Å²) in [6, 6.07) is 10.8. The molecule has 8 atom stereocenters. The Labute approximate surface area is 337 Å². The first-order valence-electron chi connectivity index (χ1n) is 18.2. The van der Waals surface area contributed by atoms with E-state index in [1.54, 1.807) is 53.6 Å². The third-order valence-corrected chi connectivity index (χ3v) is 12.0. The lowest BCUT2D eigenvalue weighted by atomic mass is 10.2. The second-order valence-electron chi connectivity index (χ2n) is 13.6. The molecule has 58 heavy (non-hydrogen) atoms. The average Bonchev–Trinajstić information content (AvgIpc) is 4.01. The number of aromatic amines is 1. The van der Waals surface area contributed by atoms with Crippen LogP contribution in [-0.2, 0) is 36.9 Å². The van der Waals surface area contributed by atoms with Crippen LogP contribution in [0.5, 0.6) is 0 Å². The number of nitriles is 1. The summed E-state index contributed by atoms with van der Waals surface area (Å²) in [6.45, 7) is 3.49. The minimum Gasteiger partial charge on any atom is -0.349 e. The molecule has 2 amide bonds. The number of carbonyl (C=O) groups is 2. The first-order chi connectivity index (χ1) is 28.1. The number of nitrogens with one attached hydrogen (secondary N) is 3. The molecule has 4 aromatic heterocycles. The van der Waals surface area contributed by atoms with E-state index in [-0.39, 0.29) is 66.9 Å². The number of aromatic nitrogens is 8. The predicted molar refractivity (Wildman–Crippen MR) is 209 cm³/mol. The highest BCUT2D eigenvalue weighted by Crippen LogP contribution is 2.52. The highest BCUT2D eigenvalue weighted by Gasteiger charge is 2.44. The van der Waals surface area contributed by atoms with E-state index >= 15 is 0 Å². The van der Waals surface area contributed by atoms with Gasteiger partial charge in [-0.15, -0.1) is 0 Å². The molecule has 0 spiro atoms. The molecule has 24 heteroatoms. The first kappa shape index (κ1) is 40.3. The summed E-state index contributed by atoms with van der Waals surface area (Å²) >= 11 is 4.66. The maximum atomic E-state index is 12.9. The normalized spacial score (nSPS) is 26.4. The van der Waals surface area contributed by atoms with Gasteiger partial charge in [-0.3, -0.25) is 33.8 Å². The van der Waals surface area contributed by atoms with E-state index in [1.165, 1.54) is 12.7 Å². The van der Waals surface area contributed by atoms with E-state index in [0.717, 1.165) is 0 Å². The van der Waals surface area contributed by atoms with Crippen molar-refractivity contribution in [3.8, 4) is 6.07 Å². The van der Waals surface area contributed by atoms with Gasteiger partial charge in [0, 0.05) is 24.3 Å². The van der Waals surface area contributed by atoms with Gasteiger partial charge in [0.05, 0.1) is 57.2 Å². The molecule has 1 aromatic carbocycles. The number of hydrogen-bond acceptors (Lipinski definition) is 17. The van der Waals surface area contributed by atoms with Crippen LogP contribution in [0.1, 0.15) is 55.9 Å². The average molecular weight is 854 g/mol. The summed E-state index contributed by atoms with van der Waals surface area (Å²) in [4.78, 5) is 62.8. The van der Waals surface area contributed by atoms with Gasteiger partial charge in [-0.05, 0) is 12.1 Å². The molecule has 304 valence electrons. The minimum atomic E-state index is -2.04. The third kappa shape index (κ3) is 8.74. The molecular weight excluding hydrogens is 816 g/mol. The molecule has 0 radical (unpaired) electrons. The van der Waals surface area contributed by atoms with Crippen molar-refractivity contribution in [1.29, 1.82) is 5.26 Å². The van der Waals surface area contributed by atoms with E-state index in [2.05, 4.69) is 58.9 Å². The predicted octanol–water partition coefficient (Wildman–Crippen LogP) is 4.51. The van der Waals surface area contributed by atoms with Crippen molar-refractivity contribution in [3.63, 3.8) is 0 Å². The lowest BCUT2D eigenvalue weighted by Crippen LogP contribution is -2.28. The Morgan fingerprint density at radius 1 is 0.983 bits per heavy atom. The maximum Gasteiger partial charge on any atom is 0.333 e. The number of fused-ring (bicyclic) bond motifs is 5. The smallest absolute Gasteiger partial charge is 0.333 e. The van der Waals surface area contributed by atoms with Crippen molar-refractivity contribution in [2.45, 2.75) is 70.0 Å². The fraction of sp³-hybridized carbons (Fsp3) is 0.441. The third-order valence-electron chi connectivity index (χ3n) is 9.31. The van der Waals surface area contributed by atoms with E-state index in [0.29, 0.717) is 29.6 Å². The lowest BCUT2D eigenvalue weighted by molar-refractivity contribution is -0.118. The van der Waals surface area contributed by atoms with Crippen LogP contribution in [0.25, 0.3) is 22.3 Å². The molecule has 3 aliphatic rings. The molecule has 8 rings (SSSR count). The van der Waals surface area contributed by atoms with Gasteiger partial charge in [0.2, 0.25) is 19.4 Å². The second-order valence-corrected chi connectivity index (χ2v) is 16.7. The van der Waals surface area contributed by atoms with E-state index < -0.39 is 58.6 Å². The van der Waals surface area contributed by atoms with Gasteiger partial charge in [0.25, 0.3) is 11.5 Å². The number of amides is 2. The van der Waals surface area contributed by atoms with Gasteiger partial charge < -0.3 is 37.4 Å². The zero-order valence-corrected chi connectivity index (χ0v) is 33.6. The Kier molecular flexibility index (Phi) is 12.3. The topological polar surface area (TPSA) is 254 Å². The highest BCUT2D eigenvalue weighted by molar-refractivity contribution is 8.41. The zero-order chi connectivity index (χ0) is 40.3. The van der Waals surface area contributed by atoms with Crippen LogP contribution < -0.4 is 16.2 Å². The monoisotopic (exact) mass is 853 g/mol. The summed E-state index contributed by atoms with van der Waals surface area (Å²) in [5.74, 6) is -0.836. The molecule has 2 unspecified atom stereocenters. The van der Waals surface area contributed by atoms with Gasteiger partial charge in [-0.1, -0.05) is 44.3 Å². The van der Waals surface area contributed by atoms with Crippen molar-refractivity contribution in [2.75, 3.05) is 30.5 Å². The summed E-state index contributed by atoms with van der Waals surface area (Å²) in [5.41, 5.74) is 0.887. The molecular formula is C34H37N11O10P2S. The van der Waals surface area contributed by atoms with Gasteiger partial charge in [0.15, 0.2) is 34.4 Å². The van der Waals surface area contributed by atoms with Gasteiger partial charge in [0.1, 0.15) is 24.8 Å². The van der Waals surface area contributed by atoms with Crippen LogP contribution in [0, 0.1) is 17.2 Å². The van der Waals surface area contributed by atoms with E-state index in [4.69, 9.17) is 32.1 Å². The lowest BCUT2D eigenvalue weighted by Gasteiger charge is -2.26. The van der Waals surface area contributed by atoms with Crippen molar-refractivity contribution in [1.82, 2.24) is 39.0 Å². The number of ether oxygens (including phenoxy) is 2. The molecule has 3 saturated heterocycles. The second kappa shape index (κ2) is 17.8. The molecule has 0 aliphatic carbocycles. The van der Waals surface area contributed by atoms with Crippen LogP contribution >= 0.6 is 28.4 Å². The van der Waals surface area contributed by atoms with Crippen LogP contribution in [0.15, 0.2) is 54.1 Å². The van der Waals surface area contributed by atoms with E-state index in [1.807, 2.05) is 6.07 Å². The van der Waals surface area contributed by atoms with Crippen LogP contribution in [0.3, 0.4) is 0 Å². The fourth-order valence-electron chi connectivity index (χ4n) is 6.45. The van der Waals surface area contributed by atoms with Gasteiger partial charge in [-0.2, -0.15) is 10.2 Å². The number of H-pyrrole nitrogens is 1. The summed E-state index contributed by atoms with van der Waals surface area (Å²) in [7, 11) is -3.88. The number of nitrogens with zero attached hydrogens (tertiary/aromatic N) is 8. The van der Waals surface area contributed by atoms with Crippen LogP contribution in [0.2, 0.25) is 0 Å². The number of thiol groups is 1. The number of anilines is 2. The summed E-state index contributed by atoms with van der Waals surface area (Å²) in [6.07, 6.45) is 1.01. The molecule has 7 heterocycles. The van der Waals surface area contributed by atoms with Gasteiger partial charge in [-0.25, -0.2) is 19.9 Å². The van der Waals surface area contributed by atoms with Crippen LogP contribution in [0.4, 0.5) is 11.8 Å². The Hall–Kier alpha value is -4.52. The van der Waals surface area contributed by atoms with Crippen molar-refractivity contribution in [2.24, 2.45) is 5.92 Å². The number of hydrogen-bond donors (Lipinski definition) is 4. The Morgan fingerprint density at radius 3 is 2.60 bits per heavy atom. The fourth-order valence-corrected chi connectivity index (χ4v) is 8.94. The maximum absolute atomic E-state index is 12.9. The Balaban J connectivity index is 1.02. The number of carbonyl (C=O) groups excluding carboxylic acids is 2. The summed E-state index contributed by atoms with van der Waals surface area (Å²) < 4.78 is 47.3. The quantitative estimate of drug-likeness (QED) is 0.0904. The SMILES string of the molecule is CC(C)C(=O)Nc1nc2c(ncn2[C@@H]2O[C@@H]3COP(OCCC#N)O[C@H]4C[C@H](n5cnc6c(NC(=O)c7ccccc7)ncnc65)O[C@@H]4COP(S)O[C@@H]2C3)c(=O)[nH]1. The van der Waals surface area contributed by atoms with Crippen molar-refractivity contribution >= 4 is 74.3 Å². The molecule has 2 bridgehead atoms. The largest absolute Gasteiger partial charge is 0.349 e. The number of rotatable bonds is 9. The standard InChI is InChI=1S/C34H37N11O10P2S/c1-18(2)30(46)42-34-41-29-26(32(48)43-34)39-17-45(29)33-22-11-20(52-33)13-50-56(49-10-6-9-35)54-21-12-24(53-23(21)14-51-57(58)55-22)44-16-38-25-27(36-15-37-28(25)44)40-31(47)19-7-4-3-5-8-19/h3-5,7-8,15-18,20-24,33,58H,6,10-14H2,1-2H3,(H,36,37,40,47)(H2,41,42,43,46,48)/t20-,21-,22+,23+,24+,33+,56?,57?/m0/s1. The number of imidazole rings is 2. The molecule has 3 N–H and O–H groups in total. The van der Waals surface area contributed by atoms with Crippen LogP contribution in [-0.4, -0.2) is 95.1 Å². The minimum absolute atomic E-state index is 0.0107. The van der Waals surface area contributed by atoms with E-state index in [9.17, 15) is 19.6 Å². The highest BCUT2D eigenvalue weighted by atomic mass is 32.7.